The summed E-state index contributed by atoms with van der Waals surface area (Å²) in [6.07, 6.45) is 6.22. The Morgan fingerprint density at radius 3 is 2.29 bits per heavy atom. The molecule has 2 aromatic carbocycles. The first-order chi connectivity index (χ1) is 13.6. The van der Waals surface area contributed by atoms with Gasteiger partial charge >= 0.3 is 0 Å². The van der Waals surface area contributed by atoms with Crippen LogP contribution in [0, 0.1) is 0 Å². The summed E-state index contributed by atoms with van der Waals surface area (Å²) in [7, 11) is 4.20. The first-order valence-electron chi connectivity index (χ1n) is 10.5. The van der Waals surface area contributed by atoms with Crippen LogP contribution in [0.4, 0.5) is 0 Å². The number of benzene rings is 2. The van der Waals surface area contributed by atoms with E-state index in [1.165, 1.54) is 50.0 Å². The zero-order valence-electron chi connectivity index (χ0n) is 17.2. The van der Waals surface area contributed by atoms with Crippen molar-refractivity contribution in [3.8, 4) is 5.75 Å². The molecule has 152 valence electrons. The number of halogens is 1. The van der Waals surface area contributed by atoms with Crippen molar-refractivity contribution in [2.75, 3.05) is 40.3 Å². The van der Waals surface area contributed by atoms with Crippen LogP contribution in [0.25, 0.3) is 0 Å². The van der Waals surface area contributed by atoms with E-state index >= 15 is 0 Å². The van der Waals surface area contributed by atoms with Gasteiger partial charge in [0.2, 0.25) is 0 Å². The largest absolute Gasteiger partial charge is 0.486 e. The second-order valence-corrected chi connectivity index (χ2v) is 8.48. The molecule has 4 heteroatoms. The number of ether oxygens (including phenoxy) is 1. The van der Waals surface area contributed by atoms with Crippen molar-refractivity contribution in [2.24, 2.45) is 0 Å². The average molecular weight is 401 g/mol. The lowest BCUT2D eigenvalue weighted by molar-refractivity contribution is 0.179. The number of nitrogens with zero attached hydrogens (tertiary/aromatic N) is 2. The van der Waals surface area contributed by atoms with Crippen LogP contribution in [0.1, 0.15) is 42.9 Å². The minimum Gasteiger partial charge on any atom is -0.486 e. The Morgan fingerprint density at radius 1 is 0.964 bits per heavy atom. The standard InChI is InChI=1S/C24H33ClN2O/c1-26(2)18-15-24(28-23-12-10-22(25)11-13-23)21-8-6-20(7-9-21)14-19-27-16-4-3-5-17-27/h6-13,24H,3-5,14-19H2,1-2H3. The summed E-state index contributed by atoms with van der Waals surface area (Å²) >= 11 is 6.01. The molecule has 2 aromatic rings. The maximum Gasteiger partial charge on any atom is 0.125 e. The minimum absolute atomic E-state index is 0.0414. The van der Waals surface area contributed by atoms with Crippen LogP contribution in [0.15, 0.2) is 48.5 Å². The summed E-state index contributed by atoms with van der Waals surface area (Å²) in [5.41, 5.74) is 2.64. The highest BCUT2D eigenvalue weighted by Crippen LogP contribution is 2.26. The van der Waals surface area contributed by atoms with Crippen molar-refractivity contribution in [1.82, 2.24) is 9.80 Å². The summed E-state index contributed by atoms with van der Waals surface area (Å²) in [5, 5.41) is 0.732. The average Bonchev–Trinajstić information content (AvgIpc) is 2.72. The van der Waals surface area contributed by atoms with Crippen LogP contribution in [-0.2, 0) is 6.42 Å². The van der Waals surface area contributed by atoms with Gasteiger partial charge in [0.05, 0.1) is 0 Å². The molecule has 1 aliphatic rings. The third kappa shape index (κ3) is 6.80. The SMILES string of the molecule is CN(C)CCC(Oc1ccc(Cl)cc1)c1ccc(CCN2CCCCC2)cc1. The molecule has 1 saturated heterocycles. The summed E-state index contributed by atoms with van der Waals surface area (Å²) in [4.78, 5) is 4.80. The molecule has 0 aromatic heterocycles. The monoisotopic (exact) mass is 400 g/mol. The van der Waals surface area contributed by atoms with Crippen molar-refractivity contribution >= 4 is 11.6 Å². The first kappa shape index (κ1) is 21.2. The van der Waals surface area contributed by atoms with Crippen molar-refractivity contribution in [3.63, 3.8) is 0 Å². The van der Waals surface area contributed by atoms with E-state index in [4.69, 9.17) is 16.3 Å². The second-order valence-electron chi connectivity index (χ2n) is 8.05. The molecule has 0 spiro atoms. The Kier molecular flexibility index (Phi) is 8.20. The normalized spacial score (nSPS) is 16.3. The topological polar surface area (TPSA) is 15.7 Å². The van der Waals surface area contributed by atoms with Gasteiger partial charge in [-0.15, -0.1) is 0 Å². The fourth-order valence-corrected chi connectivity index (χ4v) is 3.84. The predicted molar refractivity (Wildman–Crippen MR) is 118 cm³/mol. The molecule has 1 heterocycles. The molecule has 3 nitrogen and oxygen atoms in total. The highest BCUT2D eigenvalue weighted by atomic mass is 35.5. The lowest BCUT2D eigenvalue weighted by Crippen LogP contribution is -2.31. The van der Waals surface area contributed by atoms with Crippen LogP contribution in [0.5, 0.6) is 5.75 Å². The van der Waals surface area contributed by atoms with E-state index in [0.717, 1.165) is 30.2 Å². The molecular weight excluding hydrogens is 368 g/mol. The van der Waals surface area contributed by atoms with Gasteiger partial charge in [-0.2, -0.15) is 0 Å². The summed E-state index contributed by atoms with van der Waals surface area (Å²) in [6.45, 7) is 4.68. The Hall–Kier alpha value is -1.55. The fourth-order valence-electron chi connectivity index (χ4n) is 3.72. The summed E-state index contributed by atoms with van der Waals surface area (Å²) in [5.74, 6) is 0.863. The summed E-state index contributed by atoms with van der Waals surface area (Å²) < 4.78 is 6.31. The van der Waals surface area contributed by atoms with Gasteiger partial charge in [0.25, 0.3) is 0 Å². The molecule has 0 bridgehead atoms. The molecule has 0 saturated carbocycles. The molecule has 0 radical (unpaired) electrons. The molecule has 1 unspecified atom stereocenters. The van der Waals surface area contributed by atoms with Gasteiger partial charge in [0.15, 0.2) is 0 Å². The zero-order valence-corrected chi connectivity index (χ0v) is 18.0. The lowest BCUT2D eigenvalue weighted by atomic mass is 10.0. The van der Waals surface area contributed by atoms with E-state index in [2.05, 4.69) is 48.2 Å². The maximum absolute atomic E-state index is 6.31. The van der Waals surface area contributed by atoms with Gasteiger partial charge in [0, 0.05) is 24.5 Å². The van der Waals surface area contributed by atoms with Crippen LogP contribution >= 0.6 is 11.6 Å². The Balaban J connectivity index is 1.62. The van der Waals surface area contributed by atoms with Gasteiger partial charge in [-0.25, -0.2) is 0 Å². The van der Waals surface area contributed by atoms with Crippen molar-refractivity contribution in [2.45, 2.75) is 38.2 Å². The second kappa shape index (κ2) is 10.8. The summed E-state index contributed by atoms with van der Waals surface area (Å²) in [6, 6.07) is 16.7. The molecule has 0 N–H and O–H groups in total. The predicted octanol–water partition coefficient (Wildman–Crippen LogP) is 5.44. The third-order valence-corrected chi connectivity index (χ3v) is 5.70. The Morgan fingerprint density at radius 2 is 1.64 bits per heavy atom. The van der Waals surface area contributed by atoms with Crippen molar-refractivity contribution in [3.05, 3.63) is 64.7 Å². The van der Waals surface area contributed by atoms with Crippen LogP contribution in [-0.4, -0.2) is 50.1 Å². The van der Waals surface area contributed by atoms with E-state index in [9.17, 15) is 0 Å². The van der Waals surface area contributed by atoms with E-state index in [0.29, 0.717) is 0 Å². The third-order valence-electron chi connectivity index (χ3n) is 5.45. The Labute approximate surface area is 175 Å². The van der Waals surface area contributed by atoms with E-state index in [1.54, 1.807) is 0 Å². The number of likely N-dealkylation sites (tertiary alicyclic amines) is 1. The molecule has 3 rings (SSSR count). The smallest absolute Gasteiger partial charge is 0.125 e. The molecule has 1 fully saturated rings. The van der Waals surface area contributed by atoms with Crippen LogP contribution in [0.3, 0.4) is 0 Å². The zero-order chi connectivity index (χ0) is 19.8. The van der Waals surface area contributed by atoms with Gasteiger partial charge < -0.3 is 14.5 Å². The molecule has 28 heavy (non-hydrogen) atoms. The minimum atomic E-state index is 0.0414. The quantitative estimate of drug-likeness (QED) is 0.557. The van der Waals surface area contributed by atoms with Gasteiger partial charge in [-0.3, -0.25) is 0 Å². The fraction of sp³-hybridized carbons (Fsp3) is 0.500. The Bertz CT molecular complexity index is 694. The molecule has 1 aliphatic heterocycles. The van der Waals surface area contributed by atoms with Crippen molar-refractivity contribution in [1.29, 1.82) is 0 Å². The number of piperidine rings is 1. The highest BCUT2D eigenvalue weighted by molar-refractivity contribution is 6.30. The first-order valence-corrected chi connectivity index (χ1v) is 10.9. The molecule has 0 amide bonds. The van der Waals surface area contributed by atoms with Crippen molar-refractivity contribution < 1.29 is 4.74 Å². The molecule has 0 aliphatic carbocycles. The van der Waals surface area contributed by atoms with Gasteiger partial charge in [-0.1, -0.05) is 42.3 Å². The van der Waals surface area contributed by atoms with Crippen LogP contribution in [0.2, 0.25) is 5.02 Å². The van der Waals surface area contributed by atoms with E-state index in [1.807, 2.05) is 24.3 Å². The number of hydrogen-bond donors (Lipinski definition) is 0. The maximum atomic E-state index is 6.31. The van der Waals surface area contributed by atoms with Gasteiger partial charge in [-0.05, 0) is 81.8 Å². The van der Waals surface area contributed by atoms with Crippen LogP contribution < -0.4 is 4.74 Å². The number of rotatable bonds is 9. The number of hydrogen-bond acceptors (Lipinski definition) is 3. The van der Waals surface area contributed by atoms with E-state index < -0.39 is 0 Å². The lowest BCUT2D eigenvalue weighted by Gasteiger charge is -2.26. The molecular formula is C24H33ClN2O. The highest BCUT2D eigenvalue weighted by Gasteiger charge is 2.15. The molecule has 1 atom stereocenters. The van der Waals surface area contributed by atoms with Gasteiger partial charge in [0.1, 0.15) is 11.9 Å². The van der Waals surface area contributed by atoms with E-state index in [-0.39, 0.29) is 6.10 Å².